The Morgan fingerprint density at radius 3 is 2.79 bits per heavy atom. The Labute approximate surface area is 187 Å². The Kier molecular flexibility index (Phi) is 5.96. The van der Waals surface area contributed by atoms with Crippen molar-refractivity contribution in [3.8, 4) is 6.07 Å². The van der Waals surface area contributed by atoms with Gasteiger partial charge in [0.2, 0.25) is 0 Å². The van der Waals surface area contributed by atoms with Crippen LogP contribution in [0.3, 0.4) is 0 Å². The number of carbonyl (C=O) groups excluding carboxylic acids is 1. The number of nitrogens with zero attached hydrogens (tertiary/aromatic N) is 5. The number of nitriles is 1. The zero-order valence-electron chi connectivity index (χ0n) is 17.6. The minimum Gasteiger partial charge on any atom is -0.370 e. The molecule has 3 heterocycles. The maximum atomic E-state index is 12.9. The second kappa shape index (κ2) is 8.86. The number of hydrogen-bond acceptors (Lipinski definition) is 6. The number of benzene rings is 1. The molecule has 0 aliphatic carbocycles. The van der Waals surface area contributed by atoms with Gasteiger partial charge in [-0.15, -0.1) is 0 Å². The van der Waals surface area contributed by atoms with Gasteiger partial charge < -0.3 is 10.2 Å². The van der Waals surface area contributed by atoms with Gasteiger partial charge in [-0.25, -0.2) is 9.97 Å². The molecule has 1 atom stereocenters. The van der Waals surface area contributed by atoms with E-state index in [1.54, 1.807) is 24.4 Å². The molecule has 0 saturated carbocycles. The first-order chi connectivity index (χ1) is 15.7. The lowest BCUT2D eigenvalue weighted by Gasteiger charge is -2.19. The summed E-state index contributed by atoms with van der Waals surface area (Å²) in [6.45, 7) is 3.43. The van der Waals surface area contributed by atoms with Crippen LogP contribution in [0.15, 0.2) is 49.1 Å². The SMILES string of the molecule is Cc1ccc(C(=O)Nc2cc(C(F)(F)F)ncn2)cc1[C@@H]1CCN(c2cncc(C#N)c2)C1. The Morgan fingerprint density at radius 1 is 1.21 bits per heavy atom. The predicted molar refractivity (Wildman–Crippen MR) is 115 cm³/mol. The number of aryl methyl sites for hydroxylation is 1. The molecule has 10 heteroatoms. The lowest BCUT2D eigenvalue weighted by Crippen LogP contribution is -2.20. The molecule has 0 spiro atoms. The molecule has 1 amide bonds. The number of rotatable bonds is 4. The van der Waals surface area contributed by atoms with Gasteiger partial charge in [-0.05, 0) is 42.7 Å². The molecule has 0 unspecified atom stereocenters. The van der Waals surface area contributed by atoms with Crippen molar-refractivity contribution in [2.75, 3.05) is 23.3 Å². The highest BCUT2D eigenvalue weighted by Gasteiger charge is 2.33. The van der Waals surface area contributed by atoms with Crippen LogP contribution < -0.4 is 10.2 Å². The van der Waals surface area contributed by atoms with Gasteiger partial charge in [0.1, 0.15) is 23.9 Å². The van der Waals surface area contributed by atoms with Gasteiger partial charge in [0.15, 0.2) is 0 Å². The van der Waals surface area contributed by atoms with E-state index in [0.29, 0.717) is 23.7 Å². The number of nitrogens with one attached hydrogen (secondary N) is 1. The smallest absolute Gasteiger partial charge is 0.370 e. The van der Waals surface area contributed by atoms with Crippen molar-refractivity contribution in [3.05, 3.63) is 77.0 Å². The van der Waals surface area contributed by atoms with E-state index in [1.807, 2.05) is 13.0 Å². The largest absolute Gasteiger partial charge is 0.433 e. The van der Waals surface area contributed by atoms with Crippen molar-refractivity contribution in [2.24, 2.45) is 0 Å². The average Bonchev–Trinajstić information content (AvgIpc) is 3.29. The van der Waals surface area contributed by atoms with Crippen molar-refractivity contribution in [2.45, 2.75) is 25.4 Å². The van der Waals surface area contributed by atoms with Crippen LogP contribution >= 0.6 is 0 Å². The number of aromatic nitrogens is 3. The normalized spacial score (nSPS) is 15.8. The fourth-order valence-electron chi connectivity index (χ4n) is 3.90. The van der Waals surface area contributed by atoms with Crippen molar-refractivity contribution in [1.29, 1.82) is 5.26 Å². The molecule has 3 aromatic rings. The van der Waals surface area contributed by atoms with E-state index in [9.17, 15) is 18.0 Å². The maximum Gasteiger partial charge on any atom is 0.433 e. The van der Waals surface area contributed by atoms with Gasteiger partial charge in [0.25, 0.3) is 5.91 Å². The maximum absolute atomic E-state index is 12.9. The van der Waals surface area contributed by atoms with Crippen LogP contribution in [-0.4, -0.2) is 33.9 Å². The van der Waals surface area contributed by atoms with E-state index in [1.165, 1.54) is 6.20 Å². The Bertz CT molecular complexity index is 1240. The molecular formula is C23H19F3N6O. The summed E-state index contributed by atoms with van der Waals surface area (Å²) in [7, 11) is 0. The minimum absolute atomic E-state index is 0.152. The third-order valence-corrected chi connectivity index (χ3v) is 5.59. The number of hydrogen-bond donors (Lipinski definition) is 1. The fraction of sp³-hybridized carbons (Fsp3) is 0.261. The molecule has 0 bridgehead atoms. The highest BCUT2D eigenvalue weighted by molar-refractivity contribution is 6.04. The summed E-state index contributed by atoms with van der Waals surface area (Å²) in [5.41, 5.74) is 2.57. The molecule has 1 N–H and O–H groups in total. The van der Waals surface area contributed by atoms with Gasteiger partial charge in [-0.3, -0.25) is 9.78 Å². The number of halogens is 3. The zero-order valence-corrected chi connectivity index (χ0v) is 17.6. The lowest BCUT2D eigenvalue weighted by molar-refractivity contribution is -0.141. The van der Waals surface area contributed by atoms with Crippen molar-refractivity contribution in [3.63, 3.8) is 0 Å². The summed E-state index contributed by atoms with van der Waals surface area (Å²) in [5.74, 6) is -0.621. The zero-order chi connectivity index (χ0) is 23.6. The first kappa shape index (κ1) is 22.2. The van der Waals surface area contributed by atoms with Crippen LogP contribution in [0, 0.1) is 18.3 Å². The molecule has 1 aliphatic heterocycles. The molecule has 0 radical (unpaired) electrons. The highest BCUT2D eigenvalue weighted by Crippen LogP contribution is 2.33. The van der Waals surface area contributed by atoms with Crippen molar-refractivity contribution in [1.82, 2.24) is 15.0 Å². The minimum atomic E-state index is -4.63. The van der Waals surface area contributed by atoms with Gasteiger partial charge in [0.05, 0.1) is 17.4 Å². The molecule has 33 heavy (non-hydrogen) atoms. The predicted octanol–water partition coefficient (Wildman–Crippen LogP) is 4.32. The third-order valence-electron chi connectivity index (χ3n) is 5.59. The summed E-state index contributed by atoms with van der Waals surface area (Å²) >= 11 is 0. The summed E-state index contributed by atoms with van der Waals surface area (Å²) < 4.78 is 38.6. The molecule has 7 nitrogen and oxygen atoms in total. The van der Waals surface area contributed by atoms with Crippen LogP contribution in [-0.2, 0) is 6.18 Å². The van der Waals surface area contributed by atoms with Crippen LogP contribution in [0.5, 0.6) is 0 Å². The van der Waals surface area contributed by atoms with Crippen LogP contribution in [0.2, 0.25) is 0 Å². The first-order valence-electron chi connectivity index (χ1n) is 10.2. The monoisotopic (exact) mass is 452 g/mol. The number of pyridine rings is 1. The van der Waals surface area contributed by atoms with E-state index in [-0.39, 0.29) is 11.7 Å². The first-order valence-corrected chi connectivity index (χ1v) is 10.2. The molecule has 168 valence electrons. The van der Waals surface area contributed by atoms with Crippen LogP contribution in [0.25, 0.3) is 0 Å². The Hall–Kier alpha value is -4.00. The summed E-state index contributed by atoms with van der Waals surface area (Å²) in [5, 5.41) is 11.5. The highest BCUT2D eigenvalue weighted by atomic mass is 19.4. The number of alkyl halides is 3. The van der Waals surface area contributed by atoms with Gasteiger partial charge in [-0.2, -0.15) is 18.4 Å². The quantitative estimate of drug-likeness (QED) is 0.634. The molecule has 1 saturated heterocycles. The second-order valence-corrected chi connectivity index (χ2v) is 7.79. The standard InChI is InChI=1S/C23H19F3N6O/c1-14-2-3-16(22(33)31-21-8-20(23(24,25)26)29-13-30-21)7-19(14)17-4-5-32(12-17)18-6-15(9-27)10-28-11-18/h2-3,6-8,10-11,13,17H,4-5,12H2,1H3,(H,29,30,31,33)/t17-/m1/s1. The van der Waals surface area contributed by atoms with Crippen molar-refractivity contribution < 1.29 is 18.0 Å². The van der Waals surface area contributed by atoms with E-state index < -0.39 is 17.8 Å². The Balaban J connectivity index is 1.51. The molecule has 2 aromatic heterocycles. The summed E-state index contributed by atoms with van der Waals surface area (Å²) in [4.78, 5) is 25.9. The second-order valence-electron chi connectivity index (χ2n) is 7.79. The Morgan fingerprint density at radius 2 is 2.03 bits per heavy atom. The molecule has 4 rings (SSSR count). The van der Waals surface area contributed by atoms with E-state index in [2.05, 4.69) is 31.2 Å². The molecular weight excluding hydrogens is 433 g/mol. The van der Waals surface area contributed by atoms with E-state index in [0.717, 1.165) is 36.1 Å². The van der Waals surface area contributed by atoms with E-state index in [4.69, 9.17) is 5.26 Å². The third kappa shape index (κ3) is 4.92. The molecule has 1 aromatic carbocycles. The topological polar surface area (TPSA) is 94.8 Å². The van der Waals surface area contributed by atoms with Crippen LogP contribution in [0.1, 0.15) is 45.1 Å². The lowest BCUT2D eigenvalue weighted by atomic mass is 9.92. The van der Waals surface area contributed by atoms with Gasteiger partial charge >= 0.3 is 6.18 Å². The van der Waals surface area contributed by atoms with Gasteiger partial charge in [-0.1, -0.05) is 6.07 Å². The molecule has 1 fully saturated rings. The molecule has 1 aliphatic rings. The van der Waals surface area contributed by atoms with Gasteiger partial charge in [0, 0.05) is 36.8 Å². The van der Waals surface area contributed by atoms with Crippen LogP contribution in [0.4, 0.5) is 24.7 Å². The number of amides is 1. The van der Waals surface area contributed by atoms with E-state index >= 15 is 0 Å². The average molecular weight is 452 g/mol. The van der Waals surface area contributed by atoms with Crippen molar-refractivity contribution >= 4 is 17.4 Å². The summed E-state index contributed by atoms with van der Waals surface area (Å²) in [6, 6.07) is 9.81. The number of anilines is 2. The fourth-order valence-corrected chi connectivity index (χ4v) is 3.90. The summed E-state index contributed by atoms with van der Waals surface area (Å²) in [6.07, 6.45) is 0.220. The number of carbonyl (C=O) groups is 1.